The Morgan fingerprint density at radius 2 is 1.82 bits per heavy atom. The summed E-state index contributed by atoms with van der Waals surface area (Å²) in [5.41, 5.74) is 0. The van der Waals surface area contributed by atoms with Gasteiger partial charge in [-0.25, -0.2) is 4.79 Å². The van der Waals surface area contributed by atoms with Crippen LogP contribution in [0.3, 0.4) is 0 Å². The van der Waals surface area contributed by atoms with Crippen LogP contribution >= 0.6 is 0 Å². The molecule has 0 aromatic rings. The standard InChI is InChI=1S/C17H30N2O3/c1-13(9-17(2)21-7-8-22-17)10-18-16(20)19-11-14-5-3-4-6-15(14)12-19/h13-15H,3-12H2,1-2H3,(H,18,20)/t13-,14-,15+/m1/s1. The molecule has 2 aliphatic heterocycles. The van der Waals surface area contributed by atoms with Crippen molar-refractivity contribution < 1.29 is 14.3 Å². The minimum absolute atomic E-state index is 0.111. The van der Waals surface area contributed by atoms with Crippen molar-refractivity contribution in [3.8, 4) is 0 Å². The van der Waals surface area contributed by atoms with Crippen molar-refractivity contribution in [2.45, 2.75) is 51.7 Å². The predicted molar refractivity (Wildman–Crippen MR) is 84.5 cm³/mol. The first-order chi connectivity index (χ1) is 10.6. The van der Waals surface area contributed by atoms with Crippen LogP contribution in [0.4, 0.5) is 4.79 Å². The number of ether oxygens (including phenoxy) is 2. The topological polar surface area (TPSA) is 50.8 Å². The molecule has 3 fully saturated rings. The third-order valence-electron chi connectivity index (χ3n) is 5.48. The predicted octanol–water partition coefficient (Wildman–Crippen LogP) is 2.61. The van der Waals surface area contributed by atoms with Gasteiger partial charge in [0.25, 0.3) is 0 Å². The Balaban J connectivity index is 1.40. The normalized spacial score (nSPS) is 31.8. The quantitative estimate of drug-likeness (QED) is 0.868. The highest BCUT2D eigenvalue weighted by Crippen LogP contribution is 2.36. The molecule has 1 saturated carbocycles. The second kappa shape index (κ2) is 6.75. The van der Waals surface area contributed by atoms with Gasteiger partial charge in [-0.1, -0.05) is 19.8 Å². The zero-order valence-electron chi connectivity index (χ0n) is 14.0. The first-order valence-corrected chi connectivity index (χ1v) is 8.86. The summed E-state index contributed by atoms with van der Waals surface area (Å²) in [4.78, 5) is 14.4. The average Bonchev–Trinajstić information content (AvgIpc) is 3.10. The van der Waals surface area contributed by atoms with Crippen molar-refractivity contribution in [2.24, 2.45) is 17.8 Å². The molecule has 0 bridgehead atoms. The van der Waals surface area contributed by atoms with Gasteiger partial charge in [-0.05, 0) is 37.5 Å². The van der Waals surface area contributed by atoms with Gasteiger partial charge in [-0.15, -0.1) is 0 Å². The van der Waals surface area contributed by atoms with E-state index in [1.54, 1.807) is 0 Å². The summed E-state index contributed by atoms with van der Waals surface area (Å²) in [6, 6.07) is 0.111. The SMILES string of the molecule is C[C@@H](CNC(=O)N1C[C@H]2CCCC[C@H]2C1)CC1(C)OCCO1. The van der Waals surface area contributed by atoms with E-state index in [0.717, 1.165) is 31.3 Å². The second-order valence-corrected chi connectivity index (χ2v) is 7.54. The van der Waals surface area contributed by atoms with Gasteiger partial charge in [-0.3, -0.25) is 0 Å². The van der Waals surface area contributed by atoms with Gasteiger partial charge in [0.1, 0.15) is 0 Å². The van der Waals surface area contributed by atoms with Crippen LogP contribution in [0.15, 0.2) is 0 Å². The van der Waals surface area contributed by atoms with E-state index in [1.165, 1.54) is 25.7 Å². The molecule has 5 nitrogen and oxygen atoms in total. The van der Waals surface area contributed by atoms with Crippen LogP contribution in [0.2, 0.25) is 0 Å². The number of amides is 2. The van der Waals surface area contributed by atoms with E-state index >= 15 is 0 Å². The lowest BCUT2D eigenvalue weighted by molar-refractivity contribution is -0.153. The van der Waals surface area contributed by atoms with Crippen LogP contribution < -0.4 is 5.32 Å². The summed E-state index contributed by atoms with van der Waals surface area (Å²) in [5, 5.41) is 3.10. The van der Waals surface area contributed by atoms with Crippen LogP contribution in [0.25, 0.3) is 0 Å². The minimum Gasteiger partial charge on any atom is -0.348 e. The maximum absolute atomic E-state index is 12.4. The molecule has 1 N–H and O–H groups in total. The third-order valence-corrected chi connectivity index (χ3v) is 5.48. The van der Waals surface area contributed by atoms with E-state index < -0.39 is 5.79 Å². The molecule has 2 heterocycles. The largest absolute Gasteiger partial charge is 0.348 e. The number of hydrogen-bond donors (Lipinski definition) is 1. The van der Waals surface area contributed by atoms with Gasteiger partial charge in [0, 0.05) is 26.1 Å². The zero-order chi connectivity index (χ0) is 15.6. The van der Waals surface area contributed by atoms with Crippen LogP contribution in [-0.4, -0.2) is 49.6 Å². The molecule has 2 saturated heterocycles. The summed E-state index contributed by atoms with van der Waals surface area (Å²) in [6.45, 7) is 8.07. The van der Waals surface area contributed by atoms with Gasteiger partial charge < -0.3 is 19.7 Å². The number of hydrogen-bond acceptors (Lipinski definition) is 3. The van der Waals surface area contributed by atoms with Gasteiger partial charge in [0.05, 0.1) is 13.2 Å². The third kappa shape index (κ3) is 3.74. The zero-order valence-corrected chi connectivity index (χ0v) is 14.0. The first kappa shape index (κ1) is 16.1. The van der Waals surface area contributed by atoms with E-state index in [1.807, 2.05) is 11.8 Å². The number of urea groups is 1. The lowest BCUT2D eigenvalue weighted by Crippen LogP contribution is -2.41. The summed E-state index contributed by atoms with van der Waals surface area (Å²) >= 11 is 0. The van der Waals surface area contributed by atoms with E-state index in [-0.39, 0.29) is 6.03 Å². The molecule has 126 valence electrons. The number of fused-ring (bicyclic) bond motifs is 1. The fourth-order valence-corrected chi connectivity index (χ4v) is 4.32. The Kier molecular flexibility index (Phi) is 4.93. The maximum Gasteiger partial charge on any atom is 0.317 e. The Morgan fingerprint density at radius 3 is 2.41 bits per heavy atom. The summed E-state index contributed by atoms with van der Waals surface area (Å²) in [5.74, 6) is 1.37. The molecule has 0 radical (unpaired) electrons. The highest BCUT2D eigenvalue weighted by atomic mass is 16.7. The van der Waals surface area contributed by atoms with Crippen LogP contribution in [0.5, 0.6) is 0 Å². The van der Waals surface area contributed by atoms with Crippen molar-refractivity contribution in [3.63, 3.8) is 0 Å². The molecule has 2 amide bonds. The highest BCUT2D eigenvalue weighted by molar-refractivity contribution is 5.74. The Bertz CT molecular complexity index is 381. The van der Waals surface area contributed by atoms with Crippen LogP contribution in [0, 0.1) is 17.8 Å². The lowest BCUT2D eigenvalue weighted by atomic mass is 9.82. The number of nitrogens with one attached hydrogen (secondary N) is 1. The van der Waals surface area contributed by atoms with Crippen LogP contribution in [0.1, 0.15) is 46.0 Å². The van der Waals surface area contributed by atoms with Gasteiger partial charge in [0.15, 0.2) is 5.79 Å². The molecule has 0 spiro atoms. The Labute approximate surface area is 133 Å². The number of carbonyl (C=O) groups excluding carboxylic acids is 1. The molecule has 22 heavy (non-hydrogen) atoms. The Hall–Kier alpha value is -0.810. The molecule has 5 heteroatoms. The lowest BCUT2D eigenvalue weighted by Gasteiger charge is -2.26. The first-order valence-electron chi connectivity index (χ1n) is 8.86. The minimum atomic E-state index is -0.466. The maximum atomic E-state index is 12.4. The van der Waals surface area contributed by atoms with Gasteiger partial charge in [-0.2, -0.15) is 0 Å². The van der Waals surface area contributed by atoms with Crippen molar-refractivity contribution in [2.75, 3.05) is 32.8 Å². The molecule has 0 aromatic heterocycles. The number of rotatable bonds is 4. The van der Waals surface area contributed by atoms with Gasteiger partial charge >= 0.3 is 6.03 Å². The van der Waals surface area contributed by atoms with E-state index in [4.69, 9.17) is 9.47 Å². The molecule has 1 aliphatic carbocycles. The van der Waals surface area contributed by atoms with Crippen molar-refractivity contribution in [3.05, 3.63) is 0 Å². The summed E-state index contributed by atoms with van der Waals surface area (Å²) in [7, 11) is 0. The molecule has 3 rings (SSSR count). The molecular weight excluding hydrogens is 280 g/mol. The summed E-state index contributed by atoms with van der Waals surface area (Å²) in [6.07, 6.45) is 6.10. The van der Waals surface area contributed by atoms with Gasteiger partial charge in [0.2, 0.25) is 0 Å². The fraction of sp³-hybridized carbons (Fsp3) is 0.941. The summed E-state index contributed by atoms with van der Waals surface area (Å²) < 4.78 is 11.3. The molecule has 3 aliphatic rings. The van der Waals surface area contributed by atoms with E-state index in [9.17, 15) is 4.79 Å². The van der Waals surface area contributed by atoms with Crippen LogP contribution in [-0.2, 0) is 9.47 Å². The van der Waals surface area contributed by atoms with E-state index in [2.05, 4.69) is 12.2 Å². The number of nitrogens with zero attached hydrogens (tertiary/aromatic N) is 1. The molecular formula is C17H30N2O3. The number of carbonyl (C=O) groups is 1. The second-order valence-electron chi connectivity index (χ2n) is 7.54. The fourth-order valence-electron chi connectivity index (χ4n) is 4.32. The molecule has 0 aromatic carbocycles. The highest BCUT2D eigenvalue weighted by Gasteiger charge is 2.37. The van der Waals surface area contributed by atoms with Crippen molar-refractivity contribution >= 4 is 6.03 Å². The molecule has 3 atom stereocenters. The smallest absolute Gasteiger partial charge is 0.317 e. The van der Waals surface area contributed by atoms with E-state index in [0.29, 0.717) is 25.7 Å². The van der Waals surface area contributed by atoms with Crippen molar-refractivity contribution in [1.29, 1.82) is 0 Å². The number of likely N-dealkylation sites (tertiary alicyclic amines) is 1. The van der Waals surface area contributed by atoms with Crippen molar-refractivity contribution in [1.82, 2.24) is 10.2 Å². The average molecular weight is 310 g/mol. The molecule has 0 unspecified atom stereocenters. The monoisotopic (exact) mass is 310 g/mol. The Morgan fingerprint density at radius 1 is 1.23 bits per heavy atom.